The van der Waals surface area contributed by atoms with Crippen LogP contribution >= 0.6 is 0 Å². The number of carbonyl (C=O) groups is 1. The molecule has 0 heterocycles. The Balaban J connectivity index is 2.03. The lowest BCUT2D eigenvalue weighted by Gasteiger charge is -2.38. The summed E-state index contributed by atoms with van der Waals surface area (Å²) >= 11 is 0. The summed E-state index contributed by atoms with van der Waals surface area (Å²) in [6.45, 7) is 6.89. The van der Waals surface area contributed by atoms with Crippen molar-refractivity contribution >= 4 is 5.91 Å². The van der Waals surface area contributed by atoms with Gasteiger partial charge < -0.3 is 10.6 Å². The number of hydrogen-bond acceptors (Lipinski definition) is 2. The Morgan fingerprint density at radius 1 is 1.43 bits per heavy atom. The number of nitrogens with one attached hydrogen (secondary N) is 2. The van der Waals surface area contributed by atoms with Gasteiger partial charge in [0, 0.05) is 19.5 Å². The Morgan fingerprint density at radius 2 is 2.14 bits per heavy atom. The lowest BCUT2D eigenvalue weighted by atomic mass is 9.70. The lowest BCUT2D eigenvalue weighted by Crippen LogP contribution is -2.40. The van der Waals surface area contributed by atoms with E-state index in [1.165, 1.54) is 19.3 Å². The average molecular weight is 198 g/mol. The first-order valence-corrected chi connectivity index (χ1v) is 5.64. The van der Waals surface area contributed by atoms with Gasteiger partial charge in [0.1, 0.15) is 0 Å². The predicted octanol–water partition coefficient (Wildman–Crippen LogP) is 1.29. The molecule has 0 bridgehead atoms. The molecule has 1 aliphatic carbocycles. The summed E-state index contributed by atoms with van der Waals surface area (Å²) in [6, 6.07) is 0. The first kappa shape index (κ1) is 11.5. The topological polar surface area (TPSA) is 41.1 Å². The van der Waals surface area contributed by atoms with Crippen molar-refractivity contribution in [2.75, 3.05) is 19.6 Å². The third-order valence-electron chi connectivity index (χ3n) is 3.05. The summed E-state index contributed by atoms with van der Waals surface area (Å²) in [7, 11) is 0. The Morgan fingerprint density at radius 3 is 2.64 bits per heavy atom. The molecule has 0 aliphatic heterocycles. The Hall–Kier alpha value is -0.570. The summed E-state index contributed by atoms with van der Waals surface area (Å²) in [6.07, 6.45) is 4.45. The van der Waals surface area contributed by atoms with Crippen molar-refractivity contribution in [2.45, 2.75) is 39.5 Å². The molecule has 82 valence electrons. The minimum atomic E-state index is 0.180. The van der Waals surface area contributed by atoms with Crippen molar-refractivity contribution in [2.24, 2.45) is 5.41 Å². The maximum absolute atomic E-state index is 11.4. The van der Waals surface area contributed by atoms with Gasteiger partial charge in [0.2, 0.25) is 5.91 Å². The van der Waals surface area contributed by atoms with Crippen LogP contribution in [-0.4, -0.2) is 25.5 Å². The number of amides is 1. The van der Waals surface area contributed by atoms with E-state index in [2.05, 4.69) is 17.6 Å². The zero-order valence-corrected chi connectivity index (χ0v) is 9.36. The highest BCUT2D eigenvalue weighted by Gasteiger charge is 2.31. The van der Waals surface area contributed by atoms with Crippen LogP contribution < -0.4 is 10.6 Å². The van der Waals surface area contributed by atoms with Gasteiger partial charge in [-0.2, -0.15) is 0 Å². The van der Waals surface area contributed by atoms with E-state index < -0.39 is 0 Å². The number of rotatable bonds is 6. The summed E-state index contributed by atoms with van der Waals surface area (Å²) < 4.78 is 0. The maximum atomic E-state index is 11.4. The van der Waals surface area contributed by atoms with Crippen molar-refractivity contribution in [3.63, 3.8) is 0 Å². The molecule has 0 radical (unpaired) electrons. The van der Waals surface area contributed by atoms with Crippen LogP contribution in [0.2, 0.25) is 0 Å². The molecule has 2 N–H and O–H groups in total. The highest BCUT2D eigenvalue weighted by atomic mass is 16.1. The van der Waals surface area contributed by atoms with Crippen LogP contribution in [0.5, 0.6) is 0 Å². The summed E-state index contributed by atoms with van der Waals surface area (Å²) in [4.78, 5) is 11.4. The van der Waals surface area contributed by atoms with Gasteiger partial charge in [0.15, 0.2) is 0 Å². The molecule has 1 aliphatic rings. The van der Waals surface area contributed by atoms with Gasteiger partial charge in [0.05, 0.1) is 0 Å². The second kappa shape index (κ2) is 5.35. The molecule has 0 saturated heterocycles. The van der Waals surface area contributed by atoms with Gasteiger partial charge in [-0.3, -0.25) is 4.79 Å². The molecule has 0 aromatic carbocycles. The van der Waals surface area contributed by atoms with Crippen LogP contribution in [0.4, 0.5) is 0 Å². The van der Waals surface area contributed by atoms with Crippen LogP contribution in [0, 0.1) is 5.41 Å². The minimum Gasteiger partial charge on any atom is -0.356 e. The molecule has 1 saturated carbocycles. The standard InChI is InChI=1S/C11H22N2O/c1-3-12-8-5-10(14)13-9-11(2)6-4-7-11/h12H,3-9H2,1-2H3,(H,13,14). The van der Waals surface area contributed by atoms with Crippen molar-refractivity contribution < 1.29 is 4.79 Å². The van der Waals surface area contributed by atoms with E-state index in [4.69, 9.17) is 0 Å². The fourth-order valence-corrected chi connectivity index (χ4v) is 1.74. The largest absolute Gasteiger partial charge is 0.356 e. The summed E-state index contributed by atoms with van der Waals surface area (Å²) in [5.74, 6) is 0.180. The van der Waals surface area contributed by atoms with E-state index in [0.717, 1.165) is 19.6 Å². The van der Waals surface area contributed by atoms with Gasteiger partial charge in [0.25, 0.3) is 0 Å². The first-order valence-electron chi connectivity index (χ1n) is 5.64. The van der Waals surface area contributed by atoms with Crippen molar-refractivity contribution in [1.29, 1.82) is 0 Å². The maximum Gasteiger partial charge on any atom is 0.221 e. The highest BCUT2D eigenvalue weighted by Crippen LogP contribution is 2.39. The molecule has 0 aromatic heterocycles. The van der Waals surface area contributed by atoms with Gasteiger partial charge in [-0.15, -0.1) is 0 Å². The molecule has 0 unspecified atom stereocenters. The van der Waals surface area contributed by atoms with Crippen molar-refractivity contribution in [3.8, 4) is 0 Å². The van der Waals surface area contributed by atoms with E-state index in [1.54, 1.807) is 0 Å². The van der Waals surface area contributed by atoms with Gasteiger partial charge in [-0.25, -0.2) is 0 Å². The fourth-order valence-electron chi connectivity index (χ4n) is 1.74. The minimum absolute atomic E-state index is 0.180. The van der Waals surface area contributed by atoms with E-state index in [1.807, 2.05) is 6.92 Å². The smallest absolute Gasteiger partial charge is 0.221 e. The third-order valence-corrected chi connectivity index (χ3v) is 3.05. The highest BCUT2D eigenvalue weighted by molar-refractivity contribution is 5.76. The van der Waals surface area contributed by atoms with Gasteiger partial charge >= 0.3 is 0 Å². The third kappa shape index (κ3) is 3.66. The quantitative estimate of drug-likeness (QED) is 0.631. The lowest BCUT2D eigenvalue weighted by molar-refractivity contribution is -0.121. The van der Waals surface area contributed by atoms with E-state index >= 15 is 0 Å². The van der Waals surface area contributed by atoms with Crippen LogP contribution in [0.1, 0.15) is 39.5 Å². The molecule has 0 spiro atoms. The van der Waals surface area contributed by atoms with Gasteiger partial charge in [-0.05, 0) is 24.8 Å². The molecule has 0 aromatic rings. The molecule has 3 nitrogen and oxygen atoms in total. The number of hydrogen-bond donors (Lipinski definition) is 2. The average Bonchev–Trinajstić information content (AvgIpc) is 2.12. The van der Waals surface area contributed by atoms with Crippen LogP contribution in [0.15, 0.2) is 0 Å². The number of carbonyl (C=O) groups excluding carboxylic acids is 1. The second-order valence-electron chi connectivity index (χ2n) is 4.54. The van der Waals surface area contributed by atoms with Crippen molar-refractivity contribution in [3.05, 3.63) is 0 Å². The zero-order chi connectivity index (χ0) is 10.4. The van der Waals surface area contributed by atoms with E-state index in [0.29, 0.717) is 11.8 Å². The van der Waals surface area contributed by atoms with E-state index in [9.17, 15) is 4.79 Å². The first-order chi connectivity index (χ1) is 6.66. The molecule has 1 rings (SSSR count). The Bertz CT molecular complexity index is 188. The molecular weight excluding hydrogens is 176 g/mol. The van der Waals surface area contributed by atoms with E-state index in [-0.39, 0.29) is 5.91 Å². The van der Waals surface area contributed by atoms with Gasteiger partial charge in [-0.1, -0.05) is 20.3 Å². The van der Waals surface area contributed by atoms with Crippen LogP contribution in [-0.2, 0) is 4.79 Å². The second-order valence-corrected chi connectivity index (χ2v) is 4.54. The molecule has 0 atom stereocenters. The molecule has 1 amide bonds. The molecule has 14 heavy (non-hydrogen) atoms. The predicted molar refractivity (Wildman–Crippen MR) is 58.1 cm³/mol. The Labute approximate surface area is 86.6 Å². The van der Waals surface area contributed by atoms with Crippen molar-refractivity contribution in [1.82, 2.24) is 10.6 Å². The SMILES string of the molecule is CCNCCC(=O)NCC1(C)CCC1. The Kier molecular flexibility index (Phi) is 4.39. The molecule has 1 fully saturated rings. The molecular formula is C11H22N2O. The molecule has 3 heteroatoms. The summed E-state index contributed by atoms with van der Waals surface area (Å²) in [5, 5.41) is 6.15. The van der Waals surface area contributed by atoms with Crippen LogP contribution in [0.25, 0.3) is 0 Å². The summed E-state index contributed by atoms with van der Waals surface area (Å²) in [5.41, 5.74) is 0.397. The van der Waals surface area contributed by atoms with Crippen LogP contribution in [0.3, 0.4) is 0 Å². The fraction of sp³-hybridized carbons (Fsp3) is 0.909. The zero-order valence-electron chi connectivity index (χ0n) is 9.36. The monoisotopic (exact) mass is 198 g/mol. The normalized spacial score (nSPS) is 18.7.